The van der Waals surface area contributed by atoms with Gasteiger partial charge < -0.3 is 10.5 Å². The average molecular weight is 235 g/mol. The van der Waals surface area contributed by atoms with Gasteiger partial charge in [-0.2, -0.15) is 0 Å². The van der Waals surface area contributed by atoms with Gasteiger partial charge in [-0.15, -0.1) is 0 Å². The van der Waals surface area contributed by atoms with Crippen molar-refractivity contribution in [3.8, 4) is 5.75 Å². The van der Waals surface area contributed by atoms with Crippen LogP contribution in [0.2, 0.25) is 0 Å². The van der Waals surface area contributed by atoms with Gasteiger partial charge in [0.05, 0.1) is 18.5 Å². The third-order valence-electron chi connectivity index (χ3n) is 3.41. The Morgan fingerprint density at radius 3 is 2.47 bits per heavy atom. The summed E-state index contributed by atoms with van der Waals surface area (Å²) in [4.78, 5) is 8.91. The van der Waals surface area contributed by atoms with E-state index >= 15 is 0 Å². The van der Waals surface area contributed by atoms with E-state index in [4.69, 9.17) is 10.5 Å². The normalized spacial score (nSPS) is 16.9. The maximum atomic E-state index is 6.11. The Morgan fingerprint density at radius 1 is 1.29 bits per heavy atom. The zero-order valence-corrected chi connectivity index (χ0v) is 10.9. The predicted octanol–water partition coefficient (Wildman–Crippen LogP) is 1.78. The quantitative estimate of drug-likeness (QED) is 0.845. The van der Waals surface area contributed by atoms with Gasteiger partial charge in [0.25, 0.3) is 0 Å². The number of aryl methyl sites for hydroxylation is 3. The largest absolute Gasteiger partial charge is 0.493 e. The maximum Gasteiger partial charge on any atom is 0.161 e. The highest BCUT2D eigenvalue weighted by molar-refractivity contribution is 5.33. The molecule has 0 radical (unpaired) electrons. The number of aromatic nitrogens is 2. The van der Waals surface area contributed by atoms with E-state index in [0.717, 1.165) is 55.1 Å². The molecule has 0 unspecified atom stereocenters. The van der Waals surface area contributed by atoms with Crippen molar-refractivity contribution in [2.75, 3.05) is 7.11 Å². The molecule has 94 valence electrons. The van der Waals surface area contributed by atoms with Gasteiger partial charge in [0.2, 0.25) is 0 Å². The molecule has 1 aromatic heterocycles. The molecule has 1 aromatic rings. The summed E-state index contributed by atoms with van der Waals surface area (Å²) in [6, 6.07) is 0. The number of nitrogens with zero attached hydrogens (tertiary/aromatic N) is 2. The Morgan fingerprint density at radius 2 is 1.94 bits per heavy atom. The first-order valence-corrected chi connectivity index (χ1v) is 6.27. The number of hydrogen-bond donors (Lipinski definition) is 1. The molecule has 0 amide bonds. The van der Waals surface area contributed by atoms with Gasteiger partial charge in [-0.05, 0) is 39.0 Å². The van der Waals surface area contributed by atoms with Gasteiger partial charge in [-0.25, -0.2) is 9.97 Å². The fourth-order valence-electron chi connectivity index (χ4n) is 2.11. The van der Waals surface area contributed by atoms with Crippen molar-refractivity contribution in [3.63, 3.8) is 0 Å². The van der Waals surface area contributed by atoms with E-state index in [1.807, 2.05) is 6.92 Å². The molecule has 0 aliphatic heterocycles. The Bertz CT molecular complexity index is 413. The molecule has 4 nitrogen and oxygen atoms in total. The third kappa shape index (κ3) is 2.75. The summed E-state index contributed by atoms with van der Waals surface area (Å²) in [7, 11) is 1.69. The lowest BCUT2D eigenvalue weighted by Gasteiger charge is -2.14. The summed E-state index contributed by atoms with van der Waals surface area (Å²) < 4.78 is 5.44. The van der Waals surface area contributed by atoms with E-state index < -0.39 is 0 Å². The van der Waals surface area contributed by atoms with Crippen LogP contribution in [0.4, 0.5) is 0 Å². The van der Waals surface area contributed by atoms with Crippen LogP contribution < -0.4 is 10.5 Å². The Balaban J connectivity index is 2.21. The number of ether oxygens (including phenoxy) is 1. The molecule has 0 atom stereocenters. The van der Waals surface area contributed by atoms with Crippen LogP contribution >= 0.6 is 0 Å². The summed E-state index contributed by atoms with van der Waals surface area (Å²) in [6.45, 7) is 4.01. The summed E-state index contributed by atoms with van der Waals surface area (Å²) in [6.07, 6.45) is 5.02. The topological polar surface area (TPSA) is 61.0 Å². The van der Waals surface area contributed by atoms with Gasteiger partial charge in [-0.3, -0.25) is 0 Å². The molecule has 1 aliphatic rings. The second kappa shape index (κ2) is 4.61. The van der Waals surface area contributed by atoms with E-state index in [1.54, 1.807) is 7.11 Å². The van der Waals surface area contributed by atoms with Crippen molar-refractivity contribution in [1.29, 1.82) is 0 Å². The van der Waals surface area contributed by atoms with Gasteiger partial charge in [0.15, 0.2) is 5.75 Å². The molecule has 2 N–H and O–H groups in total. The molecule has 0 saturated heterocycles. The van der Waals surface area contributed by atoms with E-state index in [0.29, 0.717) is 0 Å². The standard InChI is InChI=1S/C13H21N3O/c1-4-10-12(17-3)11(16-9(2)15-10)5-6-13(14)7-8-13/h4-8,14H2,1-3H3. The molecule has 1 saturated carbocycles. The van der Waals surface area contributed by atoms with Crippen LogP contribution in [0.3, 0.4) is 0 Å². The van der Waals surface area contributed by atoms with E-state index in [-0.39, 0.29) is 5.54 Å². The molecule has 1 fully saturated rings. The molecule has 0 spiro atoms. The smallest absolute Gasteiger partial charge is 0.161 e. The third-order valence-corrected chi connectivity index (χ3v) is 3.41. The van der Waals surface area contributed by atoms with Gasteiger partial charge in [-0.1, -0.05) is 6.92 Å². The average Bonchev–Trinajstić information content (AvgIpc) is 3.04. The minimum atomic E-state index is 0.0657. The van der Waals surface area contributed by atoms with Crippen LogP contribution in [-0.4, -0.2) is 22.6 Å². The minimum absolute atomic E-state index is 0.0657. The highest BCUT2D eigenvalue weighted by Crippen LogP contribution is 2.37. The number of rotatable bonds is 5. The van der Waals surface area contributed by atoms with Crippen LogP contribution in [0.5, 0.6) is 5.75 Å². The first-order chi connectivity index (χ1) is 8.08. The van der Waals surface area contributed by atoms with Crippen LogP contribution in [-0.2, 0) is 12.8 Å². The summed E-state index contributed by atoms with van der Waals surface area (Å²) >= 11 is 0. The fraction of sp³-hybridized carbons (Fsp3) is 0.692. The molecular weight excluding hydrogens is 214 g/mol. The Kier molecular flexibility index (Phi) is 3.33. The monoisotopic (exact) mass is 235 g/mol. The molecule has 0 aromatic carbocycles. The molecule has 4 heteroatoms. The first-order valence-electron chi connectivity index (χ1n) is 6.27. The SMILES string of the molecule is CCc1nc(C)nc(CCC2(N)CC2)c1OC. The zero-order chi connectivity index (χ0) is 12.5. The summed E-state index contributed by atoms with van der Waals surface area (Å²) in [5.41, 5.74) is 8.18. The fourth-order valence-corrected chi connectivity index (χ4v) is 2.11. The lowest BCUT2D eigenvalue weighted by molar-refractivity contribution is 0.396. The molecule has 17 heavy (non-hydrogen) atoms. The van der Waals surface area contributed by atoms with E-state index in [9.17, 15) is 0 Å². The van der Waals surface area contributed by atoms with Crippen LogP contribution in [0.15, 0.2) is 0 Å². The van der Waals surface area contributed by atoms with Crippen LogP contribution in [0.1, 0.15) is 43.4 Å². The predicted molar refractivity (Wildman–Crippen MR) is 67.2 cm³/mol. The molecule has 0 bridgehead atoms. The van der Waals surface area contributed by atoms with Crippen molar-refractivity contribution in [3.05, 3.63) is 17.2 Å². The van der Waals surface area contributed by atoms with E-state index in [2.05, 4.69) is 16.9 Å². The second-order valence-electron chi connectivity index (χ2n) is 4.91. The van der Waals surface area contributed by atoms with Gasteiger partial charge >= 0.3 is 0 Å². The minimum Gasteiger partial charge on any atom is -0.493 e. The van der Waals surface area contributed by atoms with Crippen molar-refractivity contribution in [2.45, 2.75) is 51.5 Å². The lowest BCUT2D eigenvalue weighted by Crippen LogP contribution is -2.22. The Labute approximate surface area is 103 Å². The van der Waals surface area contributed by atoms with Crippen molar-refractivity contribution in [1.82, 2.24) is 9.97 Å². The van der Waals surface area contributed by atoms with Crippen LogP contribution in [0, 0.1) is 6.92 Å². The number of methoxy groups -OCH3 is 1. The van der Waals surface area contributed by atoms with Gasteiger partial charge in [0, 0.05) is 5.54 Å². The number of hydrogen-bond acceptors (Lipinski definition) is 4. The maximum absolute atomic E-state index is 6.11. The highest BCUT2D eigenvalue weighted by atomic mass is 16.5. The number of nitrogens with two attached hydrogens (primary N) is 1. The van der Waals surface area contributed by atoms with Crippen molar-refractivity contribution >= 4 is 0 Å². The zero-order valence-electron chi connectivity index (χ0n) is 10.9. The molecular formula is C13H21N3O. The second-order valence-corrected chi connectivity index (χ2v) is 4.91. The molecule has 2 rings (SSSR count). The van der Waals surface area contributed by atoms with Crippen molar-refractivity contribution in [2.24, 2.45) is 5.73 Å². The highest BCUT2D eigenvalue weighted by Gasteiger charge is 2.37. The lowest BCUT2D eigenvalue weighted by atomic mass is 10.1. The molecule has 1 aliphatic carbocycles. The molecule has 1 heterocycles. The Hall–Kier alpha value is -1.16. The summed E-state index contributed by atoms with van der Waals surface area (Å²) in [5.74, 6) is 1.67. The van der Waals surface area contributed by atoms with E-state index in [1.165, 1.54) is 0 Å². The summed E-state index contributed by atoms with van der Waals surface area (Å²) in [5, 5.41) is 0. The first kappa shape index (κ1) is 12.3. The van der Waals surface area contributed by atoms with Gasteiger partial charge in [0.1, 0.15) is 5.82 Å². The van der Waals surface area contributed by atoms with Crippen LogP contribution in [0.25, 0.3) is 0 Å². The van der Waals surface area contributed by atoms with Crippen molar-refractivity contribution < 1.29 is 4.74 Å².